The van der Waals surface area contributed by atoms with Crippen LogP contribution in [-0.2, 0) is 12.5 Å². The summed E-state index contributed by atoms with van der Waals surface area (Å²) in [7, 11) is 0. The number of rotatable bonds is 4. The van der Waals surface area contributed by atoms with Crippen molar-refractivity contribution in [3.05, 3.63) is 62.8 Å². The van der Waals surface area contributed by atoms with E-state index in [0.29, 0.717) is 15.2 Å². The summed E-state index contributed by atoms with van der Waals surface area (Å²) < 4.78 is 19.6. The third-order valence-electron chi connectivity index (χ3n) is 2.53. The zero-order chi connectivity index (χ0) is 13.8. The second-order valence-electron chi connectivity index (χ2n) is 3.92. The largest absolute Gasteiger partial charge is 0.489 e. The van der Waals surface area contributed by atoms with Gasteiger partial charge in [-0.15, -0.1) is 11.6 Å². The van der Waals surface area contributed by atoms with E-state index in [2.05, 4.69) is 15.9 Å². The van der Waals surface area contributed by atoms with Crippen molar-refractivity contribution in [3.8, 4) is 5.75 Å². The maximum atomic E-state index is 13.2. The highest BCUT2D eigenvalue weighted by atomic mass is 79.9. The van der Waals surface area contributed by atoms with Crippen LogP contribution in [0.1, 0.15) is 11.1 Å². The summed E-state index contributed by atoms with van der Waals surface area (Å²) in [5.74, 6) is 0.571. The Kier molecular flexibility index (Phi) is 5.08. The van der Waals surface area contributed by atoms with Crippen molar-refractivity contribution in [2.45, 2.75) is 12.5 Å². The zero-order valence-electron chi connectivity index (χ0n) is 9.80. The van der Waals surface area contributed by atoms with Gasteiger partial charge < -0.3 is 4.74 Å². The third kappa shape index (κ3) is 3.85. The van der Waals surface area contributed by atoms with Gasteiger partial charge in [-0.05, 0) is 35.9 Å². The summed E-state index contributed by atoms with van der Waals surface area (Å²) >= 11 is 15.1. The Hall–Kier alpha value is -0.770. The fourth-order valence-corrected chi connectivity index (χ4v) is 2.75. The molecule has 1 nitrogen and oxygen atoms in total. The van der Waals surface area contributed by atoms with Crippen molar-refractivity contribution < 1.29 is 9.13 Å². The molecule has 5 heteroatoms. The maximum absolute atomic E-state index is 13.2. The lowest BCUT2D eigenvalue weighted by atomic mass is 10.2. The molecule has 0 saturated heterocycles. The van der Waals surface area contributed by atoms with Gasteiger partial charge in [-0.2, -0.15) is 0 Å². The van der Waals surface area contributed by atoms with E-state index in [1.807, 2.05) is 0 Å². The Balaban J connectivity index is 2.16. The standard InChI is InChI=1S/C14H10BrCl2FO/c15-10-4-9(5-11(18)6-10)8-19-14-3-1-2-13(17)12(14)7-16/h1-6H,7-8H2. The van der Waals surface area contributed by atoms with Crippen LogP contribution in [0.2, 0.25) is 5.02 Å². The van der Waals surface area contributed by atoms with Crippen molar-refractivity contribution in [2.24, 2.45) is 0 Å². The minimum absolute atomic E-state index is 0.251. The molecule has 0 radical (unpaired) electrons. The van der Waals surface area contributed by atoms with Crippen molar-refractivity contribution in [1.82, 2.24) is 0 Å². The van der Waals surface area contributed by atoms with Crippen LogP contribution in [0, 0.1) is 5.82 Å². The van der Waals surface area contributed by atoms with Crippen LogP contribution in [0.4, 0.5) is 4.39 Å². The molecule has 0 aromatic heterocycles. The summed E-state index contributed by atoms with van der Waals surface area (Å²) in [5.41, 5.74) is 1.47. The van der Waals surface area contributed by atoms with Gasteiger partial charge in [0, 0.05) is 15.1 Å². The molecule has 0 aliphatic carbocycles. The van der Waals surface area contributed by atoms with Gasteiger partial charge in [0.05, 0.1) is 5.88 Å². The molecule has 2 rings (SSSR count). The molecule has 0 N–H and O–H groups in total. The van der Waals surface area contributed by atoms with Gasteiger partial charge in [0.25, 0.3) is 0 Å². The number of alkyl halides is 1. The van der Waals surface area contributed by atoms with Crippen LogP contribution in [0.5, 0.6) is 5.75 Å². The van der Waals surface area contributed by atoms with Gasteiger partial charge in [0.15, 0.2) is 0 Å². The van der Waals surface area contributed by atoms with E-state index in [0.717, 1.165) is 11.1 Å². The Morgan fingerprint density at radius 1 is 1.21 bits per heavy atom. The van der Waals surface area contributed by atoms with Crippen LogP contribution in [0.25, 0.3) is 0 Å². The summed E-state index contributed by atoms with van der Waals surface area (Å²) in [6.45, 7) is 0.251. The van der Waals surface area contributed by atoms with Gasteiger partial charge in [-0.1, -0.05) is 33.6 Å². The van der Waals surface area contributed by atoms with E-state index >= 15 is 0 Å². The van der Waals surface area contributed by atoms with E-state index in [9.17, 15) is 4.39 Å². The molecule has 2 aromatic rings. The summed E-state index contributed by atoms with van der Waals surface area (Å²) in [5, 5.41) is 0.563. The van der Waals surface area contributed by atoms with Gasteiger partial charge in [0.2, 0.25) is 0 Å². The van der Waals surface area contributed by atoms with Crippen LogP contribution in [-0.4, -0.2) is 0 Å². The van der Waals surface area contributed by atoms with Crippen molar-refractivity contribution >= 4 is 39.1 Å². The molecule has 0 heterocycles. The molecule has 0 spiro atoms. The molecule has 19 heavy (non-hydrogen) atoms. The molecule has 0 atom stereocenters. The molecule has 2 aromatic carbocycles. The van der Waals surface area contributed by atoms with Gasteiger partial charge in [-0.3, -0.25) is 0 Å². The predicted molar refractivity (Wildman–Crippen MR) is 79.4 cm³/mol. The normalized spacial score (nSPS) is 10.5. The molecule has 0 aliphatic rings. The zero-order valence-corrected chi connectivity index (χ0v) is 12.9. The third-order valence-corrected chi connectivity index (χ3v) is 3.61. The summed E-state index contributed by atoms with van der Waals surface area (Å²) in [6, 6.07) is 9.95. The second kappa shape index (κ2) is 6.60. The fraction of sp³-hybridized carbons (Fsp3) is 0.143. The van der Waals surface area contributed by atoms with Crippen LogP contribution in [0.15, 0.2) is 40.9 Å². The van der Waals surface area contributed by atoms with Crippen molar-refractivity contribution in [2.75, 3.05) is 0 Å². The Morgan fingerprint density at radius 2 is 2.00 bits per heavy atom. The molecular weight excluding hydrogens is 354 g/mol. The quantitative estimate of drug-likeness (QED) is 0.646. The van der Waals surface area contributed by atoms with Crippen LogP contribution >= 0.6 is 39.1 Å². The summed E-state index contributed by atoms with van der Waals surface area (Å²) in [6.07, 6.45) is 0. The van der Waals surface area contributed by atoms with E-state index in [1.165, 1.54) is 12.1 Å². The first-order valence-electron chi connectivity index (χ1n) is 5.51. The van der Waals surface area contributed by atoms with Gasteiger partial charge in [-0.25, -0.2) is 4.39 Å². The van der Waals surface area contributed by atoms with E-state index < -0.39 is 0 Å². The van der Waals surface area contributed by atoms with Crippen LogP contribution < -0.4 is 4.74 Å². The number of halogens is 4. The van der Waals surface area contributed by atoms with E-state index in [1.54, 1.807) is 24.3 Å². The maximum Gasteiger partial charge on any atom is 0.125 e. The van der Waals surface area contributed by atoms with E-state index in [-0.39, 0.29) is 18.3 Å². The SMILES string of the molecule is Fc1cc(Br)cc(COc2cccc(Cl)c2CCl)c1. The number of hydrogen-bond acceptors (Lipinski definition) is 1. The first-order valence-corrected chi connectivity index (χ1v) is 7.22. The molecule has 0 amide bonds. The molecule has 0 fully saturated rings. The van der Waals surface area contributed by atoms with Crippen molar-refractivity contribution in [1.29, 1.82) is 0 Å². The first-order chi connectivity index (χ1) is 9.10. The lowest BCUT2D eigenvalue weighted by Crippen LogP contribution is -1.99. The minimum atomic E-state index is -0.309. The number of ether oxygens (including phenoxy) is 1. The summed E-state index contributed by atoms with van der Waals surface area (Å²) in [4.78, 5) is 0. The average Bonchev–Trinajstić information content (AvgIpc) is 2.35. The Morgan fingerprint density at radius 3 is 2.68 bits per heavy atom. The Bertz CT molecular complexity index is 569. The monoisotopic (exact) mass is 362 g/mol. The molecule has 0 bridgehead atoms. The van der Waals surface area contributed by atoms with Gasteiger partial charge >= 0.3 is 0 Å². The highest BCUT2D eigenvalue weighted by Crippen LogP contribution is 2.28. The highest BCUT2D eigenvalue weighted by Gasteiger charge is 2.08. The minimum Gasteiger partial charge on any atom is -0.489 e. The molecular formula is C14H10BrCl2FO. The average molecular weight is 364 g/mol. The smallest absolute Gasteiger partial charge is 0.125 e. The molecule has 100 valence electrons. The lowest BCUT2D eigenvalue weighted by molar-refractivity contribution is 0.303. The predicted octanol–water partition coefficient (Wildman–Crippen LogP) is 5.56. The molecule has 0 aliphatic heterocycles. The van der Waals surface area contributed by atoms with E-state index in [4.69, 9.17) is 27.9 Å². The number of hydrogen-bond donors (Lipinski definition) is 0. The lowest BCUT2D eigenvalue weighted by Gasteiger charge is -2.11. The molecule has 0 unspecified atom stereocenters. The van der Waals surface area contributed by atoms with Crippen molar-refractivity contribution in [3.63, 3.8) is 0 Å². The van der Waals surface area contributed by atoms with Gasteiger partial charge in [0.1, 0.15) is 18.2 Å². The Labute approximate surface area is 129 Å². The van der Waals surface area contributed by atoms with Crippen LogP contribution in [0.3, 0.4) is 0 Å². The number of benzene rings is 2. The first kappa shape index (κ1) is 14.6. The fourth-order valence-electron chi connectivity index (χ4n) is 1.66. The highest BCUT2D eigenvalue weighted by molar-refractivity contribution is 9.10. The molecule has 0 saturated carbocycles. The second-order valence-corrected chi connectivity index (χ2v) is 5.51. The topological polar surface area (TPSA) is 9.23 Å².